The normalized spacial score (nSPS) is 10.2. The van der Waals surface area contributed by atoms with Crippen LogP contribution in [0.3, 0.4) is 0 Å². The fourth-order valence-corrected chi connectivity index (χ4v) is 1.93. The van der Waals surface area contributed by atoms with Crippen molar-refractivity contribution in [1.82, 2.24) is 4.98 Å². The monoisotopic (exact) mass is 260 g/mol. The lowest BCUT2D eigenvalue weighted by atomic mass is 10.2. The number of benzene rings is 1. The fraction of sp³-hybridized carbons (Fsp3) is 0.286. The van der Waals surface area contributed by atoms with Crippen LogP contribution in [0, 0.1) is 11.3 Å². The molecule has 0 amide bonds. The molecule has 0 saturated carbocycles. The van der Waals surface area contributed by atoms with Crippen LogP contribution < -0.4 is 4.74 Å². The highest BCUT2D eigenvalue weighted by atomic mass is 35.5. The van der Waals surface area contributed by atoms with Crippen LogP contribution in [0.4, 0.5) is 0 Å². The van der Waals surface area contributed by atoms with Crippen LogP contribution in [0.1, 0.15) is 19.3 Å². The molecule has 1 aromatic heterocycles. The van der Waals surface area contributed by atoms with E-state index >= 15 is 0 Å². The molecule has 0 aliphatic rings. The first kappa shape index (κ1) is 12.7. The Balaban J connectivity index is 2.09. The van der Waals surface area contributed by atoms with Crippen molar-refractivity contribution < 1.29 is 4.74 Å². The van der Waals surface area contributed by atoms with Crippen LogP contribution in [0.2, 0.25) is 5.02 Å². The lowest BCUT2D eigenvalue weighted by Crippen LogP contribution is -1.98. The first-order chi connectivity index (χ1) is 8.83. The Kier molecular flexibility index (Phi) is 4.38. The van der Waals surface area contributed by atoms with Gasteiger partial charge in [0.1, 0.15) is 11.3 Å². The molecular formula is C14H13ClN2O. The van der Waals surface area contributed by atoms with Crippen molar-refractivity contribution in [3.63, 3.8) is 0 Å². The van der Waals surface area contributed by atoms with Gasteiger partial charge >= 0.3 is 0 Å². The van der Waals surface area contributed by atoms with Gasteiger partial charge in [-0.1, -0.05) is 11.6 Å². The summed E-state index contributed by atoms with van der Waals surface area (Å²) in [6.45, 7) is 0.592. The summed E-state index contributed by atoms with van der Waals surface area (Å²) in [5, 5.41) is 10.0. The molecule has 2 aromatic rings. The summed E-state index contributed by atoms with van der Waals surface area (Å²) < 4.78 is 5.69. The molecule has 0 bridgehead atoms. The third kappa shape index (κ3) is 2.91. The van der Waals surface area contributed by atoms with E-state index in [1.54, 1.807) is 6.20 Å². The van der Waals surface area contributed by atoms with E-state index < -0.39 is 0 Å². The average Bonchev–Trinajstić information content (AvgIpc) is 2.41. The summed E-state index contributed by atoms with van der Waals surface area (Å²) in [6, 6.07) is 9.54. The Hall–Kier alpha value is -1.79. The molecule has 0 aliphatic heterocycles. The number of nitrogens with zero attached hydrogens (tertiary/aromatic N) is 2. The van der Waals surface area contributed by atoms with Crippen LogP contribution >= 0.6 is 11.6 Å². The topological polar surface area (TPSA) is 45.9 Å². The third-order valence-corrected chi connectivity index (χ3v) is 2.95. The van der Waals surface area contributed by atoms with E-state index in [0.717, 1.165) is 29.5 Å². The largest absolute Gasteiger partial charge is 0.491 e. The van der Waals surface area contributed by atoms with Crippen LogP contribution in [0.15, 0.2) is 30.5 Å². The number of aromatic nitrogens is 1. The van der Waals surface area contributed by atoms with Gasteiger partial charge in [-0.2, -0.15) is 5.26 Å². The first-order valence-electron chi connectivity index (χ1n) is 5.86. The van der Waals surface area contributed by atoms with Crippen LogP contribution in [-0.2, 0) is 0 Å². The second-order valence-corrected chi connectivity index (χ2v) is 4.32. The predicted molar refractivity (Wildman–Crippen MR) is 71.7 cm³/mol. The molecule has 0 radical (unpaired) electrons. The number of nitriles is 1. The van der Waals surface area contributed by atoms with Gasteiger partial charge in [0.2, 0.25) is 0 Å². The van der Waals surface area contributed by atoms with Crippen molar-refractivity contribution in [1.29, 1.82) is 5.26 Å². The summed E-state index contributed by atoms with van der Waals surface area (Å²) in [4.78, 5) is 4.30. The SMILES string of the molecule is N#CCCCCOc1ccc(Cl)c2cccnc12. The van der Waals surface area contributed by atoms with Gasteiger partial charge in [0.15, 0.2) is 0 Å². The van der Waals surface area contributed by atoms with E-state index in [0.29, 0.717) is 18.1 Å². The number of pyridine rings is 1. The zero-order chi connectivity index (χ0) is 12.8. The number of ether oxygens (including phenoxy) is 1. The highest BCUT2D eigenvalue weighted by Crippen LogP contribution is 2.29. The first-order valence-corrected chi connectivity index (χ1v) is 6.23. The number of fused-ring (bicyclic) bond motifs is 1. The Morgan fingerprint density at radius 1 is 1.28 bits per heavy atom. The number of halogens is 1. The quantitative estimate of drug-likeness (QED) is 0.765. The molecule has 0 spiro atoms. The third-order valence-electron chi connectivity index (χ3n) is 2.62. The Morgan fingerprint density at radius 3 is 3.00 bits per heavy atom. The fourth-order valence-electron chi connectivity index (χ4n) is 1.72. The van der Waals surface area contributed by atoms with Crippen LogP contribution in [0.25, 0.3) is 10.9 Å². The van der Waals surface area contributed by atoms with Gasteiger partial charge < -0.3 is 4.74 Å². The molecule has 18 heavy (non-hydrogen) atoms. The van der Waals surface area contributed by atoms with Gasteiger partial charge in [0.25, 0.3) is 0 Å². The molecule has 1 aromatic carbocycles. The molecule has 0 unspecified atom stereocenters. The van der Waals surface area contributed by atoms with Gasteiger partial charge in [-0.3, -0.25) is 4.98 Å². The summed E-state index contributed by atoms with van der Waals surface area (Å²) >= 11 is 6.10. The van der Waals surface area contributed by atoms with E-state index in [9.17, 15) is 0 Å². The maximum atomic E-state index is 8.44. The zero-order valence-corrected chi connectivity index (χ0v) is 10.7. The van der Waals surface area contributed by atoms with E-state index in [2.05, 4.69) is 11.1 Å². The molecule has 0 saturated heterocycles. The lowest BCUT2D eigenvalue weighted by molar-refractivity contribution is 0.310. The summed E-state index contributed by atoms with van der Waals surface area (Å²) in [5.41, 5.74) is 0.783. The number of hydrogen-bond donors (Lipinski definition) is 0. The Morgan fingerprint density at radius 2 is 2.17 bits per heavy atom. The second kappa shape index (κ2) is 6.23. The summed E-state index contributed by atoms with van der Waals surface area (Å²) in [6.07, 6.45) is 4.02. The van der Waals surface area contributed by atoms with E-state index in [1.165, 1.54) is 0 Å². The number of rotatable bonds is 5. The molecule has 0 fully saturated rings. The minimum Gasteiger partial charge on any atom is -0.491 e. The van der Waals surface area contributed by atoms with Gasteiger partial charge in [-0.25, -0.2) is 0 Å². The van der Waals surface area contributed by atoms with Gasteiger partial charge in [0, 0.05) is 18.0 Å². The van der Waals surface area contributed by atoms with E-state index in [1.807, 2.05) is 24.3 Å². The molecule has 2 rings (SSSR count). The zero-order valence-electron chi connectivity index (χ0n) is 9.90. The summed E-state index contributed by atoms with van der Waals surface area (Å²) in [7, 11) is 0. The Bertz CT molecular complexity index is 578. The molecule has 4 heteroatoms. The van der Waals surface area contributed by atoms with Gasteiger partial charge in [-0.05, 0) is 37.1 Å². The van der Waals surface area contributed by atoms with Gasteiger partial charge in [-0.15, -0.1) is 0 Å². The Labute approximate surface area is 111 Å². The molecule has 92 valence electrons. The van der Waals surface area contributed by atoms with Crippen molar-refractivity contribution in [3.05, 3.63) is 35.5 Å². The minimum atomic E-state index is 0.572. The van der Waals surface area contributed by atoms with Crippen molar-refractivity contribution in [2.75, 3.05) is 6.61 Å². The number of unbranched alkanes of at least 4 members (excludes halogenated alkanes) is 2. The smallest absolute Gasteiger partial charge is 0.145 e. The lowest BCUT2D eigenvalue weighted by Gasteiger charge is -2.08. The predicted octanol–water partition coefficient (Wildman–Crippen LogP) is 3.96. The molecule has 0 aliphatic carbocycles. The minimum absolute atomic E-state index is 0.572. The highest BCUT2D eigenvalue weighted by Gasteiger charge is 2.06. The molecule has 3 nitrogen and oxygen atoms in total. The van der Waals surface area contributed by atoms with Crippen molar-refractivity contribution in [2.45, 2.75) is 19.3 Å². The molecular weight excluding hydrogens is 248 g/mol. The summed E-state index contributed by atoms with van der Waals surface area (Å²) in [5.74, 6) is 0.743. The molecule has 0 N–H and O–H groups in total. The van der Waals surface area contributed by atoms with E-state index in [-0.39, 0.29) is 0 Å². The molecule has 1 heterocycles. The maximum Gasteiger partial charge on any atom is 0.145 e. The van der Waals surface area contributed by atoms with Gasteiger partial charge in [0.05, 0.1) is 17.7 Å². The van der Waals surface area contributed by atoms with Crippen LogP contribution in [0.5, 0.6) is 5.75 Å². The van der Waals surface area contributed by atoms with E-state index in [4.69, 9.17) is 21.6 Å². The standard InChI is InChI=1S/C14H13ClN2O/c15-12-6-7-13(18-10-3-1-2-8-16)14-11(12)5-4-9-17-14/h4-7,9H,1-3,10H2. The van der Waals surface area contributed by atoms with Crippen molar-refractivity contribution in [2.24, 2.45) is 0 Å². The maximum absolute atomic E-state index is 8.44. The second-order valence-electron chi connectivity index (χ2n) is 3.91. The average molecular weight is 261 g/mol. The number of hydrogen-bond acceptors (Lipinski definition) is 3. The van der Waals surface area contributed by atoms with Crippen molar-refractivity contribution >= 4 is 22.5 Å². The molecule has 0 atom stereocenters. The van der Waals surface area contributed by atoms with Crippen LogP contribution in [-0.4, -0.2) is 11.6 Å². The highest BCUT2D eigenvalue weighted by molar-refractivity contribution is 6.35. The van der Waals surface area contributed by atoms with Crippen molar-refractivity contribution in [3.8, 4) is 11.8 Å².